The molecule has 112 valence electrons. The minimum Gasteiger partial charge on any atom is -0.378 e. The Morgan fingerprint density at radius 3 is 3.00 bits per heavy atom. The Bertz CT molecular complexity index is 239. The van der Waals surface area contributed by atoms with Crippen LogP contribution in [0, 0.1) is 5.92 Å². The lowest BCUT2D eigenvalue weighted by atomic mass is 9.98. The molecule has 2 heterocycles. The highest BCUT2D eigenvalue weighted by Crippen LogP contribution is 2.22. The van der Waals surface area contributed by atoms with Crippen molar-refractivity contribution < 1.29 is 4.74 Å². The van der Waals surface area contributed by atoms with Crippen molar-refractivity contribution in [2.75, 3.05) is 19.7 Å². The van der Waals surface area contributed by atoms with Crippen molar-refractivity contribution >= 4 is 0 Å². The molecule has 0 spiro atoms. The molecular weight excluding hydrogens is 236 g/mol. The second kappa shape index (κ2) is 8.23. The number of ether oxygens (including phenoxy) is 1. The summed E-state index contributed by atoms with van der Waals surface area (Å²) in [6.45, 7) is 7.88. The summed E-state index contributed by atoms with van der Waals surface area (Å²) in [6, 6.07) is 1.35. The zero-order valence-electron chi connectivity index (χ0n) is 12.8. The molecule has 2 rings (SSSR count). The molecule has 0 bridgehead atoms. The quantitative estimate of drug-likeness (QED) is 0.777. The zero-order valence-corrected chi connectivity index (χ0v) is 12.8. The fourth-order valence-electron chi connectivity index (χ4n) is 3.54. The van der Waals surface area contributed by atoms with E-state index in [-0.39, 0.29) is 0 Å². The minimum absolute atomic E-state index is 0.496. The van der Waals surface area contributed by atoms with Gasteiger partial charge in [-0.25, -0.2) is 0 Å². The maximum absolute atomic E-state index is 5.76. The van der Waals surface area contributed by atoms with Gasteiger partial charge in [-0.3, -0.25) is 0 Å². The topological polar surface area (TPSA) is 33.3 Å². The molecule has 19 heavy (non-hydrogen) atoms. The van der Waals surface area contributed by atoms with Crippen molar-refractivity contribution in [2.45, 2.75) is 77.0 Å². The molecule has 0 aliphatic carbocycles. The first-order valence-electron chi connectivity index (χ1n) is 8.38. The van der Waals surface area contributed by atoms with E-state index in [4.69, 9.17) is 4.74 Å². The van der Waals surface area contributed by atoms with Gasteiger partial charge in [0.25, 0.3) is 0 Å². The maximum Gasteiger partial charge on any atom is 0.0613 e. The van der Waals surface area contributed by atoms with Gasteiger partial charge in [-0.15, -0.1) is 0 Å². The molecule has 0 radical (unpaired) electrons. The summed E-state index contributed by atoms with van der Waals surface area (Å²) in [5.74, 6) is 0.731. The highest BCUT2D eigenvalue weighted by atomic mass is 16.5. The lowest BCUT2D eigenvalue weighted by Crippen LogP contribution is -2.39. The lowest BCUT2D eigenvalue weighted by Gasteiger charge is -2.24. The molecule has 4 atom stereocenters. The molecule has 2 fully saturated rings. The van der Waals surface area contributed by atoms with Crippen LogP contribution in [-0.2, 0) is 4.74 Å². The van der Waals surface area contributed by atoms with Crippen LogP contribution in [0.2, 0.25) is 0 Å². The van der Waals surface area contributed by atoms with Crippen molar-refractivity contribution in [3.8, 4) is 0 Å². The molecule has 2 aliphatic rings. The van der Waals surface area contributed by atoms with Gasteiger partial charge in [-0.1, -0.05) is 19.8 Å². The lowest BCUT2D eigenvalue weighted by molar-refractivity contribution is 0.0866. The van der Waals surface area contributed by atoms with Crippen molar-refractivity contribution in [1.82, 2.24) is 10.6 Å². The number of nitrogens with one attached hydrogen (secondary N) is 2. The first-order valence-corrected chi connectivity index (χ1v) is 8.38. The molecule has 0 aromatic carbocycles. The van der Waals surface area contributed by atoms with Crippen LogP contribution in [0.5, 0.6) is 0 Å². The SMILES string of the molecule is CCC1OCCC1CNC(C)CC1CCCCCN1. The van der Waals surface area contributed by atoms with E-state index in [1.807, 2.05) is 0 Å². The average Bonchev–Trinajstić information content (AvgIpc) is 2.72. The van der Waals surface area contributed by atoms with E-state index in [0.717, 1.165) is 31.5 Å². The van der Waals surface area contributed by atoms with Crippen molar-refractivity contribution in [3.05, 3.63) is 0 Å². The maximum atomic E-state index is 5.76. The molecule has 3 heteroatoms. The normalized spacial score (nSPS) is 34.1. The molecule has 3 nitrogen and oxygen atoms in total. The van der Waals surface area contributed by atoms with Crippen LogP contribution in [0.4, 0.5) is 0 Å². The largest absolute Gasteiger partial charge is 0.378 e. The van der Waals surface area contributed by atoms with Crippen molar-refractivity contribution in [3.63, 3.8) is 0 Å². The zero-order chi connectivity index (χ0) is 13.5. The minimum atomic E-state index is 0.496. The fraction of sp³-hybridized carbons (Fsp3) is 1.00. The Balaban J connectivity index is 1.64. The van der Waals surface area contributed by atoms with Gasteiger partial charge < -0.3 is 15.4 Å². The summed E-state index contributed by atoms with van der Waals surface area (Å²) < 4.78 is 5.76. The van der Waals surface area contributed by atoms with Crippen LogP contribution in [0.25, 0.3) is 0 Å². The number of hydrogen-bond donors (Lipinski definition) is 2. The highest BCUT2D eigenvalue weighted by molar-refractivity contribution is 4.80. The Labute approximate surface area is 118 Å². The number of hydrogen-bond acceptors (Lipinski definition) is 3. The molecular formula is C16H32N2O. The van der Waals surface area contributed by atoms with Crippen LogP contribution in [0.1, 0.15) is 58.8 Å². The van der Waals surface area contributed by atoms with Crippen LogP contribution in [0.3, 0.4) is 0 Å². The van der Waals surface area contributed by atoms with Crippen molar-refractivity contribution in [2.24, 2.45) is 5.92 Å². The molecule has 4 unspecified atom stereocenters. The number of rotatable bonds is 6. The summed E-state index contributed by atoms with van der Waals surface area (Å²) in [5, 5.41) is 7.43. The van der Waals surface area contributed by atoms with E-state index in [9.17, 15) is 0 Å². The summed E-state index contributed by atoms with van der Waals surface area (Å²) in [5.41, 5.74) is 0. The standard InChI is InChI=1S/C16H32N2O/c1-3-16-14(8-10-19-16)12-18-13(2)11-15-7-5-4-6-9-17-15/h13-18H,3-12H2,1-2H3. The second-order valence-electron chi connectivity index (χ2n) is 6.41. The van der Waals surface area contributed by atoms with Crippen molar-refractivity contribution in [1.29, 1.82) is 0 Å². The smallest absolute Gasteiger partial charge is 0.0613 e. The summed E-state index contributed by atoms with van der Waals surface area (Å²) in [4.78, 5) is 0. The molecule has 0 aromatic heterocycles. The second-order valence-corrected chi connectivity index (χ2v) is 6.41. The first-order chi connectivity index (χ1) is 9.29. The van der Waals surface area contributed by atoms with Gasteiger partial charge in [0, 0.05) is 25.2 Å². The third kappa shape index (κ3) is 5.05. The van der Waals surface area contributed by atoms with Crippen LogP contribution < -0.4 is 10.6 Å². The summed E-state index contributed by atoms with van der Waals surface area (Å²) >= 11 is 0. The van der Waals surface area contributed by atoms with E-state index >= 15 is 0 Å². The molecule has 2 aliphatic heterocycles. The van der Waals surface area contributed by atoms with Crippen LogP contribution >= 0.6 is 0 Å². The van der Waals surface area contributed by atoms with E-state index in [1.165, 1.54) is 45.1 Å². The summed E-state index contributed by atoms with van der Waals surface area (Å²) in [6.07, 6.45) is 9.68. The highest BCUT2D eigenvalue weighted by Gasteiger charge is 2.26. The van der Waals surface area contributed by atoms with E-state index in [2.05, 4.69) is 24.5 Å². The van der Waals surface area contributed by atoms with Gasteiger partial charge in [0.2, 0.25) is 0 Å². The van der Waals surface area contributed by atoms with Crippen LogP contribution in [-0.4, -0.2) is 37.9 Å². The third-order valence-corrected chi connectivity index (χ3v) is 4.78. The molecule has 2 saturated heterocycles. The predicted octanol–water partition coefficient (Wildman–Crippen LogP) is 2.70. The van der Waals surface area contributed by atoms with Crippen LogP contribution in [0.15, 0.2) is 0 Å². The van der Waals surface area contributed by atoms with Gasteiger partial charge in [0.1, 0.15) is 0 Å². The van der Waals surface area contributed by atoms with Gasteiger partial charge in [-0.2, -0.15) is 0 Å². The Kier molecular flexibility index (Phi) is 6.62. The van der Waals surface area contributed by atoms with Gasteiger partial charge >= 0.3 is 0 Å². The van der Waals surface area contributed by atoms with Gasteiger partial charge in [0.05, 0.1) is 6.10 Å². The third-order valence-electron chi connectivity index (χ3n) is 4.78. The Morgan fingerprint density at radius 1 is 1.26 bits per heavy atom. The van der Waals surface area contributed by atoms with Gasteiger partial charge in [0.15, 0.2) is 0 Å². The Hall–Kier alpha value is -0.120. The van der Waals surface area contributed by atoms with E-state index < -0.39 is 0 Å². The van der Waals surface area contributed by atoms with Gasteiger partial charge in [-0.05, 0) is 51.5 Å². The molecule has 0 aromatic rings. The Morgan fingerprint density at radius 2 is 2.16 bits per heavy atom. The summed E-state index contributed by atoms with van der Waals surface area (Å²) in [7, 11) is 0. The fourth-order valence-corrected chi connectivity index (χ4v) is 3.54. The molecule has 2 N–H and O–H groups in total. The predicted molar refractivity (Wildman–Crippen MR) is 80.5 cm³/mol. The molecule has 0 saturated carbocycles. The first kappa shape index (κ1) is 15.3. The van der Waals surface area contributed by atoms with E-state index in [0.29, 0.717) is 12.1 Å². The monoisotopic (exact) mass is 268 g/mol. The van der Waals surface area contributed by atoms with E-state index in [1.54, 1.807) is 0 Å². The average molecular weight is 268 g/mol. The molecule has 0 amide bonds.